The van der Waals surface area contributed by atoms with Crippen molar-refractivity contribution in [2.45, 2.75) is 33.3 Å². The number of aryl methyl sites for hydroxylation is 2. The highest BCUT2D eigenvalue weighted by molar-refractivity contribution is 5.39. The van der Waals surface area contributed by atoms with Crippen LogP contribution >= 0.6 is 0 Å². The first kappa shape index (κ1) is 13.5. The second kappa shape index (κ2) is 5.34. The van der Waals surface area contributed by atoms with Gasteiger partial charge in [-0.15, -0.1) is 0 Å². The Labute approximate surface area is 114 Å². The molecular weight excluding hydrogens is 238 g/mol. The molecule has 1 aromatic carbocycles. The molecule has 1 aromatic heterocycles. The third-order valence-corrected chi connectivity index (χ3v) is 3.13. The van der Waals surface area contributed by atoms with Crippen LogP contribution in [0, 0.1) is 6.92 Å². The van der Waals surface area contributed by atoms with Crippen molar-refractivity contribution in [1.82, 2.24) is 9.78 Å². The van der Waals surface area contributed by atoms with Gasteiger partial charge in [-0.25, -0.2) is 0 Å². The average Bonchev–Trinajstić information content (AvgIpc) is 2.66. The normalized spacial score (nSPS) is 11.0. The molecule has 2 rings (SSSR count). The Bertz CT molecular complexity index is 553. The summed E-state index contributed by atoms with van der Waals surface area (Å²) in [6.45, 7) is 6.83. The lowest BCUT2D eigenvalue weighted by atomic mass is 10.0. The van der Waals surface area contributed by atoms with Crippen molar-refractivity contribution < 1.29 is 4.74 Å². The van der Waals surface area contributed by atoms with E-state index in [9.17, 15) is 0 Å². The minimum atomic E-state index is 0.435. The molecule has 2 N–H and O–H groups in total. The van der Waals surface area contributed by atoms with Crippen LogP contribution in [0.3, 0.4) is 0 Å². The van der Waals surface area contributed by atoms with Gasteiger partial charge < -0.3 is 10.5 Å². The second-order valence-corrected chi connectivity index (χ2v) is 5.17. The average molecular weight is 259 g/mol. The molecule has 0 bridgehead atoms. The number of benzene rings is 1. The number of hydrogen-bond donors (Lipinski definition) is 1. The van der Waals surface area contributed by atoms with E-state index in [-0.39, 0.29) is 0 Å². The molecule has 0 saturated heterocycles. The summed E-state index contributed by atoms with van der Waals surface area (Å²) >= 11 is 0. The summed E-state index contributed by atoms with van der Waals surface area (Å²) in [5.41, 5.74) is 9.01. The molecule has 0 saturated carbocycles. The Morgan fingerprint density at radius 2 is 2.05 bits per heavy atom. The van der Waals surface area contributed by atoms with Gasteiger partial charge in [-0.3, -0.25) is 4.68 Å². The molecule has 102 valence electrons. The van der Waals surface area contributed by atoms with Gasteiger partial charge >= 0.3 is 0 Å². The molecule has 0 spiro atoms. The molecule has 0 atom stereocenters. The number of aromatic nitrogens is 2. The van der Waals surface area contributed by atoms with E-state index >= 15 is 0 Å². The number of nitrogens with two attached hydrogens (primary N) is 1. The van der Waals surface area contributed by atoms with E-state index in [1.54, 1.807) is 4.68 Å². The molecule has 2 aromatic rings. The largest absolute Gasteiger partial charge is 0.487 e. The molecule has 0 radical (unpaired) electrons. The van der Waals surface area contributed by atoms with Gasteiger partial charge in [0.25, 0.3) is 0 Å². The van der Waals surface area contributed by atoms with Gasteiger partial charge in [-0.1, -0.05) is 26.0 Å². The predicted octanol–water partition coefficient (Wildman–Crippen LogP) is 3.01. The highest BCUT2D eigenvalue weighted by Gasteiger charge is 2.09. The standard InChI is InChI=1S/C15H21N3O/c1-10(2)13-6-5-11(3)7-14(13)19-9-12-8-15(16)18(4)17-12/h5-8,10H,9,16H2,1-4H3. The molecule has 0 aliphatic heterocycles. The number of nitrogens with zero attached hydrogens (tertiary/aromatic N) is 2. The monoisotopic (exact) mass is 259 g/mol. The molecule has 0 fully saturated rings. The first-order valence-corrected chi connectivity index (χ1v) is 6.49. The summed E-state index contributed by atoms with van der Waals surface area (Å²) in [6, 6.07) is 8.15. The van der Waals surface area contributed by atoms with E-state index in [4.69, 9.17) is 10.5 Å². The maximum absolute atomic E-state index is 5.90. The lowest BCUT2D eigenvalue weighted by Gasteiger charge is -2.14. The summed E-state index contributed by atoms with van der Waals surface area (Å²) in [5, 5.41) is 4.29. The fourth-order valence-corrected chi connectivity index (χ4v) is 2.01. The minimum Gasteiger partial charge on any atom is -0.487 e. The van der Waals surface area contributed by atoms with Crippen molar-refractivity contribution in [3.05, 3.63) is 41.1 Å². The Morgan fingerprint density at radius 1 is 1.32 bits per heavy atom. The molecule has 0 amide bonds. The third kappa shape index (κ3) is 3.08. The van der Waals surface area contributed by atoms with Crippen LogP contribution in [-0.2, 0) is 13.7 Å². The lowest BCUT2D eigenvalue weighted by Crippen LogP contribution is -2.02. The quantitative estimate of drug-likeness (QED) is 0.918. The summed E-state index contributed by atoms with van der Waals surface area (Å²) in [7, 11) is 1.82. The van der Waals surface area contributed by atoms with Gasteiger partial charge in [0, 0.05) is 13.1 Å². The van der Waals surface area contributed by atoms with Gasteiger partial charge in [0.05, 0.1) is 0 Å². The SMILES string of the molecule is Cc1ccc(C(C)C)c(OCc2cc(N)n(C)n2)c1. The van der Waals surface area contributed by atoms with Crippen LogP contribution < -0.4 is 10.5 Å². The Morgan fingerprint density at radius 3 is 2.63 bits per heavy atom. The van der Waals surface area contributed by atoms with E-state index in [0.717, 1.165) is 11.4 Å². The van der Waals surface area contributed by atoms with E-state index in [0.29, 0.717) is 18.3 Å². The van der Waals surface area contributed by atoms with Crippen molar-refractivity contribution in [3.8, 4) is 5.75 Å². The van der Waals surface area contributed by atoms with Crippen LogP contribution in [0.5, 0.6) is 5.75 Å². The molecule has 4 nitrogen and oxygen atoms in total. The molecule has 4 heteroatoms. The van der Waals surface area contributed by atoms with Crippen molar-refractivity contribution in [1.29, 1.82) is 0 Å². The summed E-state index contributed by atoms with van der Waals surface area (Å²) in [5.74, 6) is 2.01. The number of rotatable bonds is 4. The fraction of sp³-hybridized carbons (Fsp3) is 0.400. The zero-order chi connectivity index (χ0) is 14.0. The molecule has 0 unspecified atom stereocenters. The Hall–Kier alpha value is -1.97. The van der Waals surface area contributed by atoms with E-state index in [2.05, 4.69) is 44.1 Å². The van der Waals surface area contributed by atoms with Crippen molar-refractivity contribution in [2.24, 2.45) is 7.05 Å². The Balaban J connectivity index is 2.16. The van der Waals surface area contributed by atoms with Gasteiger partial charge in [-0.2, -0.15) is 5.10 Å². The smallest absolute Gasteiger partial charge is 0.132 e. The van der Waals surface area contributed by atoms with E-state index < -0.39 is 0 Å². The van der Waals surface area contributed by atoms with Gasteiger partial charge in [-0.05, 0) is 30.0 Å². The van der Waals surface area contributed by atoms with Crippen LogP contribution in [-0.4, -0.2) is 9.78 Å². The summed E-state index contributed by atoms with van der Waals surface area (Å²) in [4.78, 5) is 0. The topological polar surface area (TPSA) is 53.1 Å². The highest BCUT2D eigenvalue weighted by Crippen LogP contribution is 2.28. The van der Waals surface area contributed by atoms with Gasteiger partial charge in [0.1, 0.15) is 23.9 Å². The zero-order valence-electron chi connectivity index (χ0n) is 12.0. The molecule has 1 heterocycles. The summed E-state index contributed by atoms with van der Waals surface area (Å²) < 4.78 is 7.55. The summed E-state index contributed by atoms with van der Waals surface area (Å²) in [6.07, 6.45) is 0. The molecule has 19 heavy (non-hydrogen) atoms. The van der Waals surface area contributed by atoms with E-state index in [1.807, 2.05) is 13.1 Å². The van der Waals surface area contributed by atoms with E-state index in [1.165, 1.54) is 11.1 Å². The molecular formula is C15H21N3O. The predicted molar refractivity (Wildman–Crippen MR) is 77.2 cm³/mol. The second-order valence-electron chi connectivity index (χ2n) is 5.17. The first-order valence-electron chi connectivity index (χ1n) is 6.49. The number of nitrogen functional groups attached to an aromatic ring is 1. The minimum absolute atomic E-state index is 0.435. The van der Waals surface area contributed by atoms with Crippen molar-refractivity contribution in [2.75, 3.05) is 5.73 Å². The van der Waals surface area contributed by atoms with Crippen LogP contribution in [0.4, 0.5) is 5.82 Å². The fourth-order valence-electron chi connectivity index (χ4n) is 2.01. The van der Waals surface area contributed by atoms with Gasteiger partial charge in [0.2, 0.25) is 0 Å². The maximum Gasteiger partial charge on any atom is 0.132 e. The van der Waals surface area contributed by atoms with Crippen LogP contribution in [0.25, 0.3) is 0 Å². The lowest BCUT2D eigenvalue weighted by molar-refractivity contribution is 0.295. The molecule has 0 aliphatic carbocycles. The third-order valence-electron chi connectivity index (χ3n) is 3.13. The molecule has 0 aliphatic rings. The first-order chi connectivity index (χ1) is 8.97. The van der Waals surface area contributed by atoms with Crippen molar-refractivity contribution in [3.63, 3.8) is 0 Å². The number of hydrogen-bond acceptors (Lipinski definition) is 3. The van der Waals surface area contributed by atoms with Gasteiger partial charge in [0.15, 0.2) is 0 Å². The highest BCUT2D eigenvalue weighted by atomic mass is 16.5. The zero-order valence-corrected chi connectivity index (χ0v) is 12.0. The van der Waals surface area contributed by atoms with Crippen LogP contribution in [0.15, 0.2) is 24.3 Å². The number of anilines is 1. The Kier molecular flexibility index (Phi) is 3.79. The van der Waals surface area contributed by atoms with Crippen molar-refractivity contribution >= 4 is 5.82 Å². The van der Waals surface area contributed by atoms with Crippen LogP contribution in [0.2, 0.25) is 0 Å². The maximum atomic E-state index is 5.90. The van der Waals surface area contributed by atoms with Crippen LogP contribution in [0.1, 0.15) is 36.6 Å². The number of ether oxygens (including phenoxy) is 1.